The van der Waals surface area contributed by atoms with Gasteiger partial charge in [0.25, 0.3) is 0 Å². The van der Waals surface area contributed by atoms with E-state index in [-0.39, 0.29) is 0 Å². The molecule has 2 N–H and O–H groups in total. The molecule has 1 unspecified atom stereocenters. The molecule has 164 valence electrons. The maximum absolute atomic E-state index is 11.3. The molecule has 0 aromatic carbocycles. The van der Waals surface area contributed by atoms with Crippen molar-refractivity contribution in [3.63, 3.8) is 0 Å². The minimum Gasteiger partial charge on any atom is -0.393 e. The van der Waals surface area contributed by atoms with Gasteiger partial charge < -0.3 is 14.9 Å². The molecule has 0 aliphatic heterocycles. The van der Waals surface area contributed by atoms with Gasteiger partial charge in [-0.25, -0.2) is 9.59 Å². The average molecular weight is 399 g/mol. The Hall–Kier alpha value is -1.20. The van der Waals surface area contributed by atoms with Crippen LogP contribution in [0.4, 0.5) is 0 Å². The van der Waals surface area contributed by atoms with E-state index in [0.29, 0.717) is 0 Å². The highest BCUT2D eigenvalue weighted by Crippen LogP contribution is 2.13. The summed E-state index contributed by atoms with van der Waals surface area (Å²) >= 11 is 0. The fraction of sp³-hybridized carbons (Fsp3) is 0.826. The van der Waals surface area contributed by atoms with Crippen LogP contribution >= 0.6 is 0 Å². The van der Waals surface area contributed by atoms with Crippen LogP contribution in [0, 0.1) is 0 Å². The third-order valence-electron chi connectivity index (χ3n) is 4.87. The van der Waals surface area contributed by atoms with Crippen LogP contribution in [-0.4, -0.2) is 34.9 Å². The topological polar surface area (TPSA) is 83.8 Å². The van der Waals surface area contributed by atoms with E-state index in [0.717, 1.165) is 19.3 Å². The van der Waals surface area contributed by atoms with Gasteiger partial charge in [0.1, 0.15) is 0 Å². The number of unbranched alkanes of at least 4 members (excludes halogenated alkanes) is 15. The number of rotatable bonds is 19. The maximum atomic E-state index is 11.3. The van der Waals surface area contributed by atoms with Crippen LogP contribution in [0.2, 0.25) is 0 Å². The summed E-state index contributed by atoms with van der Waals surface area (Å²) in [6.45, 7) is 1.51. The zero-order valence-electron chi connectivity index (χ0n) is 17.9. The first kappa shape index (κ1) is 26.8. The molecule has 0 aromatic rings. The highest BCUT2D eigenvalue weighted by atomic mass is 16.6. The number of ether oxygens (including phenoxy) is 1. The zero-order chi connectivity index (χ0) is 20.9. The molecule has 0 spiro atoms. The molecule has 0 radical (unpaired) electrons. The Kier molecular flexibility index (Phi) is 19.7. The second kappa shape index (κ2) is 20.5. The van der Waals surface area contributed by atoms with E-state index in [4.69, 9.17) is 10.2 Å². The van der Waals surface area contributed by atoms with E-state index in [9.17, 15) is 9.59 Å². The monoisotopic (exact) mass is 398 g/mol. The van der Waals surface area contributed by atoms with Gasteiger partial charge in [-0.15, -0.1) is 0 Å². The summed E-state index contributed by atoms with van der Waals surface area (Å²) < 4.78 is 4.36. The third kappa shape index (κ3) is 18.2. The standard InChI is InChI=1S/C23H42O5/c1-2-3-4-5-6-7-8-9-10-11-12-13-14-15-16-17-18-19-22(26)28-23(27)21(25)20-24/h18-19,21,24-25H,2-17,20H2,1H3. The Morgan fingerprint density at radius 3 is 1.64 bits per heavy atom. The second-order valence-corrected chi connectivity index (χ2v) is 7.58. The minimum absolute atomic E-state index is 0.755. The van der Waals surface area contributed by atoms with Crippen molar-refractivity contribution < 1.29 is 24.5 Å². The lowest BCUT2D eigenvalue weighted by atomic mass is 10.0. The van der Waals surface area contributed by atoms with Crippen molar-refractivity contribution in [2.24, 2.45) is 0 Å². The van der Waals surface area contributed by atoms with Crippen LogP contribution in [0.25, 0.3) is 0 Å². The molecule has 5 heteroatoms. The van der Waals surface area contributed by atoms with Gasteiger partial charge in [0.15, 0.2) is 6.10 Å². The van der Waals surface area contributed by atoms with Gasteiger partial charge in [-0.3, -0.25) is 0 Å². The van der Waals surface area contributed by atoms with Gasteiger partial charge in [0.05, 0.1) is 6.61 Å². The second-order valence-electron chi connectivity index (χ2n) is 7.58. The van der Waals surface area contributed by atoms with Gasteiger partial charge in [0.2, 0.25) is 0 Å². The first-order chi connectivity index (χ1) is 13.6. The smallest absolute Gasteiger partial charge is 0.345 e. The zero-order valence-corrected chi connectivity index (χ0v) is 17.9. The van der Waals surface area contributed by atoms with Crippen LogP contribution in [0.1, 0.15) is 110 Å². The van der Waals surface area contributed by atoms with Crippen molar-refractivity contribution in [1.82, 2.24) is 0 Å². The lowest BCUT2D eigenvalue weighted by Gasteiger charge is -2.04. The summed E-state index contributed by atoms with van der Waals surface area (Å²) in [5.41, 5.74) is 0. The number of hydrogen-bond acceptors (Lipinski definition) is 5. The van der Waals surface area contributed by atoms with Crippen LogP contribution in [0.15, 0.2) is 12.2 Å². The number of carbonyl (C=O) groups excluding carboxylic acids is 2. The lowest BCUT2D eigenvalue weighted by Crippen LogP contribution is -2.28. The molecule has 0 saturated heterocycles. The Balaban J connectivity index is 3.31. The molecule has 28 heavy (non-hydrogen) atoms. The molecule has 0 aromatic heterocycles. The normalized spacial score (nSPS) is 12.4. The summed E-state index contributed by atoms with van der Waals surface area (Å²) in [5, 5.41) is 17.6. The number of aliphatic hydroxyl groups excluding tert-OH is 2. The average Bonchev–Trinajstić information content (AvgIpc) is 2.69. The minimum atomic E-state index is -1.66. The number of aliphatic hydroxyl groups is 2. The van der Waals surface area contributed by atoms with E-state index in [2.05, 4.69) is 11.7 Å². The Morgan fingerprint density at radius 2 is 1.21 bits per heavy atom. The van der Waals surface area contributed by atoms with E-state index in [1.165, 1.54) is 89.5 Å². The fourth-order valence-electron chi connectivity index (χ4n) is 3.09. The Labute approximate surface area is 171 Å². The summed E-state index contributed by atoms with van der Waals surface area (Å²) in [4.78, 5) is 22.4. The summed E-state index contributed by atoms with van der Waals surface area (Å²) in [6, 6.07) is 0. The SMILES string of the molecule is CCCCCCCCCCCCCCCCCC=CC(=O)OC(=O)C(O)CO. The molecule has 5 nitrogen and oxygen atoms in total. The maximum Gasteiger partial charge on any atom is 0.345 e. The van der Waals surface area contributed by atoms with Crippen molar-refractivity contribution in [1.29, 1.82) is 0 Å². The van der Waals surface area contributed by atoms with Crippen molar-refractivity contribution in [2.75, 3.05) is 6.61 Å². The first-order valence-electron chi connectivity index (χ1n) is 11.3. The predicted octanol–water partition coefficient (Wildman–Crippen LogP) is 5.23. The van der Waals surface area contributed by atoms with Crippen LogP contribution in [0.3, 0.4) is 0 Å². The number of esters is 2. The molecule has 0 saturated carbocycles. The molecule has 0 aliphatic carbocycles. The van der Waals surface area contributed by atoms with E-state index < -0.39 is 24.6 Å². The lowest BCUT2D eigenvalue weighted by molar-refractivity contribution is -0.164. The number of allylic oxidation sites excluding steroid dienone is 1. The largest absolute Gasteiger partial charge is 0.393 e. The fourth-order valence-corrected chi connectivity index (χ4v) is 3.09. The van der Waals surface area contributed by atoms with Gasteiger partial charge in [-0.05, 0) is 12.8 Å². The summed E-state index contributed by atoms with van der Waals surface area (Å²) in [6.07, 6.45) is 21.8. The Morgan fingerprint density at radius 1 is 0.786 bits per heavy atom. The third-order valence-corrected chi connectivity index (χ3v) is 4.87. The molecule has 0 amide bonds. The Bertz CT molecular complexity index is 406. The quantitative estimate of drug-likeness (QED) is 0.135. The van der Waals surface area contributed by atoms with Crippen LogP contribution < -0.4 is 0 Å². The van der Waals surface area contributed by atoms with Gasteiger partial charge in [0, 0.05) is 6.08 Å². The summed E-state index contributed by atoms with van der Waals surface area (Å²) in [7, 11) is 0. The van der Waals surface area contributed by atoms with Crippen molar-refractivity contribution >= 4 is 11.9 Å². The molecule has 0 fully saturated rings. The molecule has 0 rings (SSSR count). The van der Waals surface area contributed by atoms with E-state index >= 15 is 0 Å². The molecular formula is C23H42O5. The molecule has 1 atom stereocenters. The molecular weight excluding hydrogens is 356 g/mol. The van der Waals surface area contributed by atoms with Gasteiger partial charge in [-0.1, -0.05) is 103 Å². The highest BCUT2D eigenvalue weighted by molar-refractivity contribution is 5.93. The van der Waals surface area contributed by atoms with E-state index in [1.807, 2.05) is 0 Å². The van der Waals surface area contributed by atoms with Crippen molar-refractivity contribution in [3.05, 3.63) is 12.2 Å². The predicted molar refractivity (Wildman–Crippen MR) is 113 cm³/mol. The first-order valence-corrected chi connectivity index (χ1v) is 11.3. The number of hydrogen-bond donors (Lipinski definition) is 2. The number of carbonyl (C=O) groups is 2. The van der Waals surface area contributed by atoms with Gasteiger partial charge >= 0.3 is 11.9 Å². The van der Waals surface area contributed by atoms with Crippen LogP contribution in [-0.2, 0) is 14.3 Å². The highest BCUT2D eigenvalue weighted by Gasteiger charge is 2.17. The molecule has 0 heterocycles. The van der Waals surface area contributed by atoms with Crippen molar-refractivity contribution in [2.45, 2.75) is 116 Å². The van der Waals surface area contributed by atoms with Crippen molar-refractivity contribution in [3.8, 4) is 0 Å². The summed E-state index contributed by atoms with van der Waals surface area (Å²) in [5.74, 6) is -1.93. The molecule has 0 bridgehead atoms. The molecule has 0 aliphatic rings. The van der Waals surface area contributed by atoms with Crippen LogP contribution in [0.5, 0.6) is 0 Å². The van der Waals surface area contributed by atoms with Gasteiger partial charge in [-0.2, -0.15) is 0 Å². The van der Waals surface area contributed by atoms with E-state index in [1.54, 1.807) is 6.08 Å².